The first-order chi connectivity index (χ1) is 9.48. The van der Waals surface area contributed by atoms with Crippen LogP contribution in [-0.2, 0) is 21.1 Å². The van der Waals surface area contributed by atoms with E-state index < -0.39 is 9.84 Å². The molecule has 1 N–H and O–H groups in total. The first kappa shape index (κ1) is 14.8. The molecule has 110 valence electrons. The zero-order valence-corrected chi connectivity index (χ0v) is 12.3. The highest BCUT2D eigenvalue weighted by Crippen LogP contribution is 2.14. The van der Waals surface area contributed by atoms with E-state index in [0.717, 1.165) is 11.3 Å². The Kier molecular flexibility index (Phi) is 4.65. The molecule has 1 unspecified atom stereocenters. The van der Waals surface area contributed by atoms with Gasteiger partial charge in [-0.05, 0) is 31.0 Å². The number of nitrogens with one attached hydrogen (secondary N) is 1. The van der Waals surface area contributed by atoms with Crippen molar-refractivity contribution in [3.05, 3.63) is 29.8 Å². The minimum atomic E-state index is -2.96. The highest BCUT2D eigenvalue weighted by atomic mass is 32.2. The van der Waals surface area contributed by atoms with Crippen molar-refractivity contribution in [1.82, 2.24) is 5.32 Å². The second-order valence-electron chi connectivity index (χ2n) is 4.92. The summed E-state index contributed by atoms with van der Waals surface area (Å²) in [6.07, 6.45) is 0.764. The Balaban J connectivity index is 1.85. The molecular weight excluding hydrogens is 278 g/mol. The molecule has 0 aliphatic carbocycles. The van der Waals surface area contributed by atoms with Crippen molar-refractivity contribution in [3.63, 3.8) is 0 Å². The average molecular weight is 297 g/mol. The van der Waals surface area contributed by atoms with Crippen LogP contribution in [0.2, 0.25) is 0 Å². The normalized spacial score (nSPS) is 20.6. The number of sulfone groups is 1. The van der Waals surface area contributed by atoms with Crippen LogP contribution < -0.4 is 10.1 Å². The number of hydrogen-bond donors (Lipinski definition) is 1. The van der Waals surface area contributed by atoms with Crippen LogP contribution in [0.15, 0.2) is 24.3 Å². The molecule has 1 aliphatic rings. The minimum absolute atomic E-state index is 0.0576. The summed E-state index contributed by atoms with van der Waals surface area (Å²) in [4.78, 5) is 11.9. The van der Waals surface area contributed by atoms with Crippen molar-refractivity contribution in [1.29, 1.82) is 0 Å². The maximum atomic E-state index is 11.9. The topological polar surface area (TPSA) is 72.5 Å². The second kappa shape index (κ2) is 6.26. The minimum Gasteiger partial charge on any atom is -0.494 e. The smallest absolute Gasteiger partial charge is 0.224 e. The van der Waals surface area contributed by atoms with E-state index in [1.807, 2.05) is 31.2 Å². The summed E-state index contributed by atoms with van der Waals surface area (Å²) in [5.41, 5.74) is 0.881. The molecule has 0 spiro atoms. The summed E-state index contributed by atoms with van der Waals surface area (Å²) >= 11 is 0. The number of carbonyl (C=O) groups excluding carboxylic acids is 1. The Bertz CT molecular complexity index is 565. The van der Waals surface area contributed by atoms with Crippen LogP contribution in [0.1, 0.15) is 18.9 Å². The molecule has 20 heavy (non-hydrogen) atoms. The standard InChI is InChI=1S/C14H19NO4S/c1-2-19-13-5-3-11(4-6-13)9-14(16)15-12-7-8-20(17,18)10-12/h3-6,12H,2,7-10H2,1H3,(H,15,16). The van der Waals surface area contributed by atoms with Crippen molar-refractivity contribution in [2.24, 2.45) is 0 Å². The van der Waals surface area contributed by atoms with Crippen LogP contribution in [0.25, 0.3) is 0 Å². The molecule has 1 aromatic carbocycles. The molecule has 1 heterocycles. The number of ether oxygens (including phenoxy) is 1. The average Bonchev–Trinajstić information content (AvgIpc) is 2.71. The van der Waals surface area contributed by atoms with E-state index in [4.69, 9.17) is 4.74 Å². The van der Waals surface area contributed by atoms with Crippen molar-refractivity contribution in [2.75, 3.05) is 18.1 Å². The fourth-order valence-corrected chi connectivity index (χ4v) is 3.92. The molecule has 1 aromatic rings. The molecule has 0 radical (unpaired) electrons. The maximum absolute atomic E-state index is 11.9. The summed E-state index contributed by atoms with van der Waals surface area (Å²) in [5, 5.41) is 2.77. The predicted molar refractivity (Wildman–Crippen MR) is 76.5 cm³/mol. The molecule has 0 aromatic heterocycles. The van der Waals surface area contributed by atoms with Gasteiger partial charge in [-0.25, -0.2) is 8.42 Å². The maximum Gasteiger partial charge on any atom is 0.224 e. The van der Waals surface area contributed by atoms with E-state index in [1.54, 1.807) is 0 Å². The summed E-state index contributed by atoms with van der Waals surface area (Å²) in [5.74, 6) is 0.859. The third kappa shape index (κ3) is 4.23. The van der Waals surface area contributed by atoms with E-state index in [1.165, 1.54) is 0 Å². The number of carbonyl (C=O) groups is 1. The molecule has 1 amide bonds. The Labute approximate surface area is 119 Å². The fraction of sp³-hybridized carbons (Fsp3) is 0.500. The third-order valence-corrected chi connectivity index (χ3v) is 4.96. The van der Waals surface area contributed by atoms with Gasteiger partial charge in [0.2, 0.25) is 5.91 Å². The lowest BCUT2D eigenvalue weighted by Gasteiger charge is -2.11. The van der Waals surface area contributed by atoms with Gasteiger partial charge in [-0.15, -0.1) is 0 Å². The van der Waals surface area contributed by atoms with Gasteiger partial charge in [0.25, 0.3) is 0 Å². The van der Waals surface area contributed by atoms with Crippen LogP contribution in [0.4, 0.5) is 0 Å². The van der Waals surface area contributed by atoms with Crippen LogP contribution >= 0.6 is 0 Å². The van der Waals surface area contributed by atoms with Crippen LogP contribution in [0.3, 0.4) is 0 Å². The van der Waals surface area contributed by atoms with Crippen LogP contribution in [0.5, 0.6) is 5.75 Å². The molecule has 6 heteroatoms. The molecule has 1 fully saturated rings. The molecule has 1 aliphatic heterocycles. The zero-order chi connectivity index (χ0) is 14.6. The fourth-order valence-electron chi connectivity index (χ4n) is 2.24. The number of benzene rings is 1. The monoisotopic (exact) mass is 297 g/mol. The Morgan fingerprint density at radius 3 is 2.60 bits per heavy atom. The predicted octanol–water partition coefficient (Wildman–Crippen LogP) is 0.931. The number of amides is 1. The molecule has 1 saturated heterocycles. The summed E-state index contributed by atoms with van der Waals surface area (Å²) < 4.78 is 28.0. The van der Waals surface area contributed by atoms with E-state index >= 15 is 0 Å². The zero-order valence-electron chi connectivity index (χ0n) is 11.5. The van der Waals surface area contributed by atoms with Crippen molar-refractivity contribution >= 4 is 15.7 Å². The summed E-state index contributed by atoms with van der Waals surface area (Å²) in [7, 11) is -2.96. The largest absolute Gasteiger partial charge is 0.494 e. The van der Waals surface area contributed by atoms with Gasteiger partial charge in [0.1, 0.15) is 5.75 Å². The lowest BCUT2D eigenvalue weighted by Crippen LogP contribution is -2.36. The van der Waals surface area contributed by atoms with Gasteiger partial charge >= 0.3 is 0 Å². The molecule has 0 saturated carbocycles. The second-order valence-corrected chi connectivity index (χ2v) is 7.15. The first-order valence-electron chi connectivity index (χ1n) is 6.70. The highest BCUT2D eigenvalue weighted by molar-refractivity contribution is 7.91. The van der Waals surface area contributed by atoms with Gasteiger partial charge < -0.3 is 10.1 Å². The van der Waals surface area contributed by atoms with Crippen LogP contribution in [-0.4, -0.2) is 38.5 Å². The Morgan fingerprint density at radius 1 is 1.35 bits per heavy atom. The summed E-state index contributed by atoms with van der Waals surface area (Å²) in [6.45, 7) is 2.52. The molecule has 0 bridgehead atoms. The first-order valence-corrected chi connectivity index (χ1v) is 8.52. The highest BCUT2D eigenvalue weighted by Gasteiger charge is 2.28. The Hall–Kier alpha value is -1.56. The van der Waals surface area contributed by atoms with Gasteiger partial charge in [0.05, 0.1) is 24.5 Å². The van der Waals surface area contributed by atoms with Gasteiger partial charge in [-0.2, -0.15) is 0 Å². The number of rotatable bonds is 5. The molecule has 1 atom stereocenters. The van der Waals surface area contributed by atoms with E-state index in [2.05, 4.69) is 5.32 Å². The van der Waals surface area contributed by atoms with Gasteiger partial charge in [-0.1, -0.05) is 12.1 Å². The lowest BCUT2D eigenvalue weighted by atomic mass is 10.1. The van der Waals surface area contributed by atoms with Crippen molar-refractivity contribution in [2.45, 2.75) is 25.8 Å². The molecule has 2 rings (SSSR count). The SMILES string of the molecule is CCOc1ccc(CC(=O)NC2CCS(=O)(=O)C2)cc1. The lowest BCUT2D eigenvalue weighted by molar-refractivity contribution is -0.121. The summed E-state index contributed by atoms with van der Waals surface area (Å²) in [6, 6.07) is 7.10. The third-order valence-electron chi connectivity index (χ3n) is 3.20. The van der Waals surface area contributed by atoms with Crippen LogP contribution in [0, 0.1) is 0 Å². The quantitative estimate of drug-likeness (QED) is 0.877. The van der Waals surface area contributed by atoms with Gasteiger partial charge in [0, 0.05) is 6.04 Å². The van der Waals surface area contributed by atoms with Gasteiger partial charge in [-0.3, -0.25) is 4.79 Å². The van der Waals surface area contributed by atoms with E-state index in [-0.39, 0.29) is 29.9 Å². The number of hydrogen-bond acceptors (Lipinski definition) is 4. The van der Waals surface area contributed by atoms with Crippen molar-refractivity contribution in [3.8, 4) is 5.75 Å². The van der Waals surface area contributed by atoms with Crippen molar-refractivity contribution < 1.29 is 17.9 Å². The molecule has 5 nitrogen and oxygen atoms in total. The Morgan fingerprint density at radius 2 is 2.05 bits per heavy atom. The van der Waals surface area contributed by atoms with E-state index in [9.17, 15) is 13.2 Å². The van der Waals surface area contributed by atoms with E-state index in [0.29, 0.717) is 13.0 Å². The molecular formula is C14H19NO4S. The van der Waals surface area contributed by atoms with Gasteiger partial charge in [0.15, 0.2) is 9.84 Å².